The van der Waals surface area contributed by atoms with Crippen LogP contribution in [0.4, 0.5) is 4.79 Å². The Hall–Kier alpha value is -1.56. The van der Waals surface area contributed by atoms with E-state index in [2.05, 4.69) is 0 Å². The summed E-state index contributed by atoms with van der Waals surface area (Å²) >= 11 is 0. The van der Waals surface area contributed by atoms with Crippen molar-refractivity contribution >= 4 is 16.1 Å². The Kier molecular flexibility index (Phi) is 3.54. The number of hydrogen-bond acceptors (Lipinski definition) is 3. The monoisotopic (exact) mass is 243 g/mol. The van der Waals surface area contributed by atoms with Crippen molar-refractivity contribution in [1.29, 1.82) is 0 Å². The summed E-state index contributed by atoms with van der Waals surface area (Å²) in [6.45, 7) is 3.97. The first kappa shape index (κ1) is 12.5. The fourth-order valence-corrected chi connectivity index (χ4v) is 2.05. The van der Waals surface area contributed by atoms with E-state index in [9.17, 15) is 13.2 Å². The first-order chi connectivity index (χ1) is 7.33. The molecule has 0 aliphatic carbocycles. The molecule has 1 aromatic carbocycles. The van der Waals surface area contributed by atoms with Gasteiger partial charge in [0.1, 0.15) is 0 Å². The molecule has 0 bridgehead atoms. The van der Waals surface area contributed by atoms with Crippen LogP contribution in [0, 0.1) is 0 Å². The second kappa shape index (κ2) is 4.52. The summed E-state index contributed by atoms with van der Waals surface area (Å²) in [6.07, 6.45) is -1.59. The highest BCUT2D eigenvalue weighted by atomic mass is 32.2. The Morgan fingerprint density at radius 2 is 1.75 bits per heavy atom. The summed E-state index contributed by atoms with van der Waals surface area (Å²) in [4.78, 5) is 10.2. The lowest BCUT2D eigenvalue weighted by atomic mass is 10.0. The molecule has 1 amide bonds. The highest BCUT2D eigenvalue weighted by molar-refractivity contribution is 7.90. The Morgan fingerprint density at radius 1 is 1.25 bits per heavy atom. The van der Waals surface area contributed by atoms with Crippen LogP contribution in [-0.4, -0.2) is 19.6 Å². The van der Waals surface area contributed by atoms with E-state index >= 15 is 0 Å². The molecule has 0 aliphatic rings. The zero-order valence-corrected chi connectivity index (χ0v) is 9.78. The first-order valence-corrected chi connectivity index (χ1v) is 6.17. The minimum absolute atomic E-state index is 0.0562. The van der Waals surface area contributed by atoms with Gasteiger partial charge in [-0.05, 0) is 23.6 Å². The average Bonchev–Trinajstić information content (AvgIpc) is 2.16. The molecule has 0 atom stereocenters. The number of nitrogens with one attached hydrogen (secondary N) is 1. The van der Waals surface area contributed by atoms with E-state index in [0.717, 1.165) is 5.56 Å². The molecule has 0 spiro atoms. The predicted molar refractivity (Wildman–Crippen MR) is 58.9 cm³/mol. The summed E-state index contributed by atoms with van der Waals surface area (Å²) in [5, 5.41) is 8.36. The number of carboxylic acid groups (broad SMARTS) is 1. The van der Waals surface area contributed by atoms with E-state index in [4.69, 9.17) is 5.11 Å². The van der Waals surface area contributed by atoms with Crippen molar-refractivity contribution in [2.45, 2.75) is 24.7 Å². The summed E-state index contributed by atoms with van der Waals surface area (Å²) in [5.74, 6) is 0.296. The lowest BCUT2D eigenvalue weighted by Gasteiger charge is -2.07. The Morgan fingerprint density at radius 3 is 2.12 bits per heavy atom. The zero-order valence-electron chi connectivity index (χ0n) is 8.97. The molecular weight excluding hydrogens is 230 g/mol. The van der Waals surface area contributed by atoms with Crippen molar-refractivity contribution in [2.24, 2.45) is 0 Å². The van der Waals surface area contributed by atoms with E-state index in [1.165, 1.54) is 16.9 Å². The third-order valence-electron chi connectivity index (χ3n) is 2.08. The Balaban J connectivity index is 3.02. The number of amides is 1. The molecule has 0 heterocycles. The smallest absolute Gasteiger partial charge is 0.418 e. The summed E-state index contributed by atoms with van der Waals surface area (Å²) in [6, 6.07) is 6.11. The molecular formula is C10H13NO4S. The van der Waals surface area contributed by atoms with Gasteiger partial charge in [0.2, 0.25) is 0 Å². The zero-order chi connectivity index (χ0) is 12.3. The van der Waals surface area contributed by atoms with Crippen molar-refractivity contribution < 1.29 is 18.3 Å². The van der Waals surface area contributed by atoms with Gasteiger partial charge in [-0.15, -0.1) is 0 Å². The number of carbonyl (C=O) groups is 1. The molecule has 6 heteroatoms. The normalized spacial score (nSPS) is 11.4. The first-order valence-electron chi connectivity index (χ1n) is 4.68. The maximum absolute atomic E-state index is 11.4. The van der Waals surface area contributed by atoms with E-state index < -0.39 is 16.1 Å². The number of sulfonamides is 1. The van der Waals surface area contributed by atoms with Gasteiger partial charge in [-0.3, -0.25) is 0 Å². The molecule has 0 radical (unpaired) electrons. The molecule has 0 aliphatic heterocycles. The lowest BCUT2D eigenvalue weighted by molar-refractivity contribution is 0.201. The second-order valence-electron chi connectivity index (χ2n) is 3.63. The van der Waals surface area contributed by atoms with Crippen LogP contribution in [0.3, 0.4) is 0 Å². The van der Waals surface area contributed by atoms with Gasteiger partial charge in [0, 0.05) is 0 Å². The molecule has 0 saturated carbocycles. The lowest BCUT2D eigenvalue weighted by Crippen LogP contribution is -2.28. The maximum Gasteiger partial charge on any atom is 0.418 e. The Bertz CT molecular complexity index is 476. The van der Waals surface area contributed by atoms with Gasteiger partial charge in [0.15, 0.2) is 0 Å². The van der Waals surface area contributed by atoms with E-state index in [-0.39, 0.29) is 4.90 Å². The molecule has 0 saturated heterocycles. The van der Waals surface area contributed by atoms with Crippen molar-refractivity contribution in [1.82, 2.24) is 4.72 Å². The summed E-state index contributed by atoms with van der Waals surface area (Å²) in [5.41, 5.74) is 0.995. The molecule has 1 aromatic rings. The molecule has 88 valence electrons. The molecule has 0 aromatic heterocycles. The minimum Gasteiger partial charge on any atom is -0.464 e. The topological polar surface area (TPSA) is 83.5 Å². The average molecular weight is 243 g/mol. The highest BCUT2D eigenvalue weighted by Crippen LogP contribution is 2.17. The SMILES string of the molecule is CC(C)c1ccc(S(=O)(=O)NC(=O)O)cc1. The number of benzene rings is 1. The number of hydrogen-bond donors (Lipinski definition) is 2. The van der Waals surface area contributed by atoms with Gasteiger partial charge in [-0.25, -0.2) is 17.9 Å². The van der Waals surface area contributed by atoms with Crippen LogP contribution in [0.2, 0.25) is 0 Å². The standard InChI is InChI=1S/C10H13NO4S/c1-7(2)8-3-5-9(6-4-8)16(14,15)11-10(12)13/h3-7,11H,1-2H3,(H,12,13). The molecule has 16 heavy (non-hydrogen) atoms. The van der Waals surface area contributed by atoms with Crippen molar-refractivity contribution in [3.63, 3.8) is 0 Å². The molecule has 0 unspecified atom stereocenters. The van der Waals surface area contributed by atoms with Crippen molar-refractivity contribution in [3.05, 3.63) is 29.8 Å². The van der Waals surface area contributed by atoms with Gasteiger partial charge < -0.3 is 5.11 Å². The number of rotatable bonds is 3. The summed E-state index contributed by atoms with van der Waals surface area (Å²) in [7, 11) is -3.95. The third kappa shape index (κ3) is 2.96. The quantitative estimate of drug-likeness (QED) is 0.847. The fourth-order valence-electron chi connectivity index (χ4n) is 1.21. The highest BCUT2D eigenvalue weighted by Gasteiger charge is 2.16. The second-order valence-corrected chi connectivity index (χ2v) is 5.32. The van der Waals surface area contributed by atoms with Crippen LogP contribution in [0.25, 0.3) is 0 Å². The predicted octanol–water partition coefficient (Wildman–Crippen LogP) is 1.77. The largest absolute Gasteiger partial charge is 0.464 e. The van der Waals surface area contributed by atoms with Crippen LogP contribution < -0.4 is 4.72 Å². The fraction of sp³-hybridized carbons (Fsp3) is 0.300. The molecule has 1 rings (SSSR count). The van der Waals surface area contributed by atoms with Crippen LogP contribution in [0.15, 0.2) is 29.2 Å². The van der Waals surface area contributed by atoms with Crippen LogP contribution >= 0.6 is 0 Å². The molecule has 0 fully saturated rings. The summed E-state index contributed by atoms with van der Waals surface area (Å²) < 4.78 is 24.3. The van der Waals surface area contributed by atoms with Gasteiger partial charge in [0.25, 0.3) is 10.0 Å². The van der Waals surface area contributed by atoms with Gasteiger partial charge in [-0.1, -0.05) is 26.0 Å². The van der Waals surface area contributed by atoms with E-state index in [0.29, 0.717) is 5.92 Å². The minimum atomic E-state index is -3.95. The van der Waals surface area contributed by atoms with Gasteiger partial charge >= 0.3 is 6.09 Å². The molecule has 2 N–H and O–H groups in total. The molecule has 5 nitrogen and oxygen atoms in total. The van der Waals surface area contributed by atoms with Crippen LogP contribution in [0.5, 0.6) is 0 Å². The van der Waals surface area contributed by atoms with Crippen LogP contribution in [-0.2, 0) is 10.0 Å². The van der Waals surface area contributed by atoms with Crippen LogP contribution in [0.1, 0.15) is 25.3 Å². The Labute approximate surface area is 94.2 Å². The maximum atomic E-state index is 11.4. The van der Waals surface area contributed by atoms with Gasteiger partial charge in [0.05, 0.1) is 4.90 Å². The van der Waals surface area contributed by atoms with E-state index in [1.807, 2.05) is 13.8 Å². The van der Waals surface area contributed by atoms with Crippen molar-refractivity contribution in [2.75, 3.05) is 0 Å². The van der Waals surface area contributed by atoms with Crippen molar-refractivity contribution in [3.8, 4) is 0 Å². The van der Waals surface area contributed by atoms with Gasteiger partial charge in [-0.2, -0.15) is 0 Å². The van der Waals surface area contributed by atoms with E-state index in [1.54, 1.807) is 12.1 Å². The third-order valence-corrected chi connectivity index (χ3v) is 3.41.